The van der Waals surface area contributed by atoms with Gasteiger partial charge in [0, 0.05) is 28.9 Å². The Morgan fingerprint density at radius 3 is 2.65 bits per heavy atom. The van der Waals surface area contributed by atoms with Gasteiger partial charge in [0.15, 0.2) is 0 Å². The highest BCUT2D eigenvalue weighted by Gasteiger charge is 2.12. The zero-order chi connectivity index (χ0) is 12.8. The molecule has 0 aromatic carbocycles. The average molecular weight is 254 g/mol. The number of nitrogens with one attached hydrogen (secondary N) is 1. The van der Waals surface area contributed by atoms with Gasteiger partial charge in [0.1, 0.15) is 0 Å². The van der Waals surface area contributed by atoms with Crippen LogP contribution >= 0.6 is 11.3 Å². The summed E-state index contributed by atoms with van der Waals surface area (Å²) in [7, 11) is 2.01. The molecule has 0 aliphatic rings. The van der Waals surface area contributed by atoms with Crippen LogP contribution in [-0.2, 0) is 13.1 Å². The van der Waals surface area contributed by atoms with Gasteiger partial charge in [-0.15, -0.1) is 11.3 Å². The summed E-state index contributed by atoms with van der Waals surface area (Å²) < 4.78 is 0. The molecule has 0 amide bonds. The third kappa shape index (κ3) is 4.41. The predicted octanol–water partition coefficient (Wildman–Crippen LogP) is 3.40. The van der Waals surface area contributed by atoms with Gasteiger partial charge in [-0.05, 0) is 52.4 Å². The van der Waals surface area contributed by atoms with E-state index in [1.165, 1.54) is 28.3 Å². The molecule has 1 aromatic heterocycles. The van der Waals surface area contributed by atoms with Crippen LogP contribution in [0, 0.1) is 6.92 Å². The predicted molar refractivity (Wildman–Crippen MR) is 77.7 cm³/mol. The van der Waals surface area contributed by atoms with E-state index >= 15 is 0 Å². The molecule has 0 saturated carbocycles. The molecule has 1 aromatic rings. The van der Waals surface area contributed by atoms with Crippen molar-refractivity contribution in [3.05, 3.63) is 21.4 Å². The van der Waals surface area contributed by atoms with Crippen LogP contribution in [0.5, 0.6) is 0 Å². The fourth-order valence-corrected chi connectivity index (χ4v) is 3.10. The van der Waals surface area contributed by atoms with Gasteiger partial charge in [-0.3, -0.25) is 4.90 Å². The van der Waals surface area contributed by atoms with Crippen molar-refractivity contribution < 1.29 is 0 Å². The lowest BCUT2D eigenvalue weighted by molar-refractivity contribution is 0.213. The van der Waals surface area contributed by atoms with Gasteiger partial charge in [0.2, 0.25) is 0 Å². The standard InChI is InChI=1S/C14H26N2S/c1-6-7-16(11(2)3)10-13-8-14(9-15-5)17-12(13)4/h8,11,15H,6-7,9-10H2,1-5H3. The molecular weight excluding hydrogens is 228 g/mol. The van der Waals surface area contributed by atoms with E-state index in [0.717, 1.165) is 13.1 Å². The smallest absolute Gasteiger partial charge is 0.0296 e. The Kier molecular flexibility index (Phi) is 6.17. The van der Waals surface area contributed by atoms with Crippen molar-refractivity contribution in [1.29, 1.82) is 0 Å². The quantitative estimate of drug-likeness (QED) is 0.802. The van der Waals surface area contributed by atoms with E-state index in [4.69, 9.17) is 0 Å². The van der Waals surface area contributed by atoms with Gasteiger partial charge in [-0.25, -0.2) is 0 Å². The van der Waals surface area contributed by atoms with Crippen LogP contribution in [0.2, 0.25) is 0 Å². The second-order valence-corrected chi connectivity index (χ2v) is 6.23. The van der Waals surface area contributed by atoms with Crippen LogP contribution in [0.4, 0.5) is 0 Å². The fourth-order valence-electron chi connectivity index (χ4n) is 2.03. The van der Waals surface area contributed by atoms with Crippen molar-refractivity contribution >= 4 is 11.3 Å². The normalized spacial score (nSPS) is 11.7. The average Bonchev–Trinajstić information content (AvgIpc) is 2.59. The van der Waals surface area contributed by atoms with Crippen LogP contribution in [0.1, 0.15) is 42.5 Å². The molecule has 17 heavy (non-hydrogen) atoms. The van der Waals surface area contributed by atoms with Crippen molar-refractivity contribution in [1.82, 2.24) is 10.2 Å². The van der Waals surface area contributed by atoms with E-state index < -0.39 is 0 Å². The highest BCUT2D eigenvalue weighted by atomic mass is 32.1. The first-order valence-corrected chi connectivity index (χ1v) is 7.37. The first kappa shape index (κ1) is 14.7. The lowest BCUT2D eigenvalue weighted by Crippen LogP contribution is -2.31. The number of hydrogen-bond acceptors (Lipinski definition) is 3. The SMILES string of the molecule is CCCN(Cc1cc(CNC)sc1C)C(C)C. The summed E-state index contributed by atoms with van der Waals surface area (Å²) in [6.45, 7) is 12.3. The van der Waals surface area contributed by atoms with Crippen molar-refractivity contribution in [2.24, 2.45) is 0 Å². The van der Waals surface area contributed by atoms with E-state index in [-0.39, 0.29) is 0 Å². The summed E-state index contributed by atoms with van der Waals surface area (Å²) in [5, 5.41) is 3.22. The molecule has 98 valence electrons. The Morgan fingerprint density at radius 2 is 2.12 bits per heavy atom. The monoisotopic (exact) mass is 254 g/mol. The third-order valence-electron chi connectivity index (χ3n) is 3.04. The first-order valence-electron chi connectivity index (χ1n) is 6.55. The van der Waals surface area contributed by atoms with Crippen molar-refractivity contribution in [3.8, 4) is 0 Å². The van der Waals surface area contributed by atoms with Gasteiger partial charge in [0.05, 0.1) is 0 Å². The molecule has 1 heterocycles. The van der Waals surface area contributed by atoms with Crippen molar-refractivity contribution in [2.45, 2.75) is 53.2 Å². The van der Waals surface area contributed by atoms with Gasteiger partial charge >= 0.3 is 0 Å². The molecule has 0 aliphatic heterocycles. The minimum Gasteiger partial charge on any atom is -0.315 e. The number of rotatable bonds is 7. The second kappa shape index (κ2) is 7.14. The molecule has 0 unspecified atom stereocenters. The van der Waals surface area contributed by atoms with Crippen LogP contribution in [0.15, 0.2) is 6.07 Å². The summed E-state index contributed by atoms with van der Waals surface area (Å²) in [5.41, 5.74) is 1.50. The van der Waals surface area contributed by atoms with Crippen molar-refractivity contribution in [2.75, 3.05) is 13.6 Å². The zero-order valence-electron chi connectivity index (χ0n) is 11.8. The van der Waals surface area contributed by atoms with Gasteiger partial charge in [-0.2, -0.15) is 0 Å². The molecule has 1 N–H and O–H groups in total. The highest BCUT2D eigenvalue weighted by molar-refractivity contribution is 7.12. The summed E-state index contributed by atoms with van der Waals surface area (Å²) in [6, 6.07) is 2.99. The maximum absolute atomic E-state index is 3.22. The molecule has 0 atom stereocenters. The molecule has 0 saturated heterocycles. The fraction of sp³-hybridized carbons (Fsp3) is 0.714. The van der Waals surface area contributed by atoms with Crippen LogP contribution in [-0.4, -0.2) is 24.5 Å². The third-order valence-corrected chi connectivity index (χ3v) is 4.13. The molecule has 1 rings (SSSR count). The number of thiophene rings is 1. The van der Waals surface area contributed by atoms with E-state index in [2.05, 4.69) is 44.0 Å². The number of hydrogen-bond donors (Lipinski definition) is 1. The topological polar surface area (TPSA) is 15.3 Å². The Bertz CT molecular complexity index is 331. The summed E-state index contributed by atoms with van der Waals surface area (Å²) >= 11 is 1.92. The molecule has 0 fully saturated rings. The van der Waals surface area contributed by atoms with Crippen molar-refractivity contribution in [3.63, 3.8) is 0 Å². The van der Waals surface area contributed by atoms with Crippen LogP contribution in [0.3, 0.4) is 0 Å². The maximum Gasteiger partial charge on any atom is 0.0296 e. The Labute approximate surface area is 110 Å². The Morgan fingerprint density at radius 1 is 1.41 bits per heavy atom. The van der Waals surface area contributed by atoms with Gasteiger partial charge < -0.3 is 5.32 Å². The molecular formula is C14H26N2S. The summed E-state index contributed by atoms with van der Waals surface area (Å²) in [5.74, 6) is 0. The molecule has 2 nitrogen and oxygen atoms in total. The highest BCUT2D eigenvalue weighted by Crippen LogP contribution is 2.23. The molecule has 0 bridgehead atoms. The lowest BCUT2D eigenvalue weighted by Gasteiger charge is -2.25. The van der Waals surface area contributed by atoms with E-state index in [9.17, 15) is 0 Å². The minimum atomic E-state index is 0.627. The minimum absolute atomic E-state index is 0.627. The Hall–Kier alpha value is -0.380. The van der Waals surface area contributed by atoms with E-state index in [1.54, 1.807) is 0 Å². The molecule has 0 radical (unpaired) electrons. The molecule has 3 heteroatoms. The van der Waals surface area contributed by atoms with E-state index in [1.807, 2.05) is 18.4 Å². The number of nitrogens with zero attached hydrogens (tertiary/aromatic N) is 1. The largest absolute Gasteiger partial charge is 0.315 e. The van der Waals surface area contributed by atoms with Gasteiger partial charge in [-0.1, -0.05) is 6.92 Å². The second-order valence-electron chi connectivity index (χ2n) is 4.89. The Balaban J connectivity index is 2.71. The first-order chi connectivity index (χ1) is 8.08. The number of aryl methyl sites for hydroxylation is 1. The van der Waals surface area contributed by atoms with Crippen LogP contribution in [0.25, 0.3) is 0 Å². The molecule has 0 aliphatic carbocycles. The van der Waals surface area contributed by atoms with Gasteiger partial charge in [0.25, 0.3) is 0 Å². The lowest BCUT2D eigenvalue weighted by atomic mass is 10.2. The maximum atomic E-state index is 3.22. The van der Waals surface area contributed by atoms with E-state index in [0.29, 0.717) is 6.04 Å². The molecule has 0 spiro atoms. The summed E-state index contributed by atoms with van der Waals surface area (Å²) in [6.07, 6.45) is 1.23. The zero-order valence-corrected chi connectivity index (χ0v) is 12.7. The summed E-state index contributed by atoms with van der Waals surface area (Å²) in [4.78, 5) is 5.47. The van der Waals surface area contributed by atoms with Crippen LogP contribution < -0.4 is 5.32 Å².